The van der Waals surface area contributed by atoms with Crippen molar-refractivity contribution in [3.63, 3.8) is 0 Å². The number of alkyl halides is 2. The molecule has 1 saturated heterocycles. The average Bonchev–Trinajstić information content (AvgIpc) is 3.73. The summed E-state index contributed by atoms with van der Waals surface area (Å²) < 4.78 is 40.7. The molecule has 9 nitrogen and oxygen atoms in total. The Morgan fingerprint density at radius 2 is 1.63 bits per heavy atom. The molecule has 49 heavy (non-hydrogen) atoms. The first-order chi connectivity index (χ1) is 23.0. The molecule has 3 atom stereocenters. The summed E-state index contributed by atoms with van der Waals surface area (Å²) in [6.07, 6.45) is 1.16. The molecule has 0 bridgehead atoms. The first kappa shape index (κ1) is 34.9. The Balaban J connectivity index is 1.26. The molecule has 3 heterocycles. The van der Waals surface area contributed by atoms with Gasteiger partial charge in [-0.25, -0.2) is 0 Å². The summed E-state index contributed by atoms with van der Waals surface area (Å²) >= 11 is 1.01. The molecular formula is C36H38F2N3O6PS. The van der Waals surface area contributed by atoms with Crippen molar-refractivity contribution in [2.45, 2.75) is 63.8 Å². The van der Waals surface area contributed by atoms with Crippen LogP contribution in [0.1, 0.15) is 65.0 Å². The van der Waals surface area contributed by atoms with Gasteiger partial charge in [-0.2, -0.15) is 8.78 Å². The maximum atomic E-state index is 14.5. The number of carbonyl (C=O) groups is 3. The number of halogens is 2. The highest BCUT2D eigenvalue weighted by Crippen LogP contribution is 2.59. The van der Waals surface area contributed by atoms with Crippen LogP contribution in [0.25, 0.3) is 10.1 Å². The Hall–Kier alpha value is -3.96. The molecule has 1 aromatic heterocycles. The molecule has 3 N–H and O–H groups in total. The number of amides is 3. The number of thiophene rings is 1. The van der Waals surface area contributed by atoms with E-state index in [1.54, 1.807) is 4.90 Å². The average molecular weight is 710 g/mol. The van der Waals surface area contributed by atoms with Gasteiger partial charge in [0.15, 0.2) is 0 Å². The number of likely N-dealkylation sites (tertiary alicyclic amines) is 1. The maximum Gasteiger partial charge on any atom is 0.399 e. The summed E-state index contributed by atoms with van der Waals surface area (Å²) in [7, 11) is -5.78. The minimum atomic E-state index is -5.78. The zero-order chi connectivity index (χ0) is 35.3. The standard InChI is InChI=1S/C36H38F2N3O6PS/c1-35(2,3)31(39-32(42)30-19-26-17-27(13-14-29(26)49-30)36(37,38)48(45,46)47)34(44)41-21-24-12-8-7-11-23(24)18-28(41)33(43)40-16-15-25(20-40)22-9-5-4-6-10-22/h4-14,17,19,25,28,31H,15-16,18,20-21H2,1-3H3,(H,39,42)(H2,45,46,47)/t25-,28?,31?/m1/s1. The van der Waals surface area contributed by atoms with Crippen molar-refractivity contribution in [1.29, 1.82) is 0 Å². The Labute approximate surface area is 287 Å². The largest absolute Gasteiger partial charge is 0.399 e. The molecular weight excluding hydrogens is 671 g/mol. The predicted octanol–water partition coefficient (Wildman–Crippen LogP) is 6.24. The normalized spacial score (nSPS) is 19.1. The lowest BCUT2D eigenvalue weighted by Crippen LogP contribution is -2.60. The van der Waals surface area contributed by atoms with Gasteiger partial charge < -0.3 is 24.9 Å². The van der Waals surface area contributed by atoms with Crippen molar-refractivity contribution < 1.29 is 37.5 Å². The van der Waals surface area contributed by atoms with Gasteiger partial charge in [0.25, 0.3) is 5.91 Å². The second-order valence-electron chi connectivity index (χ2n) is 13.9. The van der Waals surface area contributed by atoms with E-state index in [2.05, 4.69) is 17.4 Å². The van der Waals surface area contributed by atoms with Crippen LogP contribution in [0.3, 0.4) is 0 Å². The van der Waals surface area contributed by atoms with Gasteiger partial charge in [0, 0.05) is 42.2 Å². The van der Waals surface area contributed by atoms with Gasteiger partial charge in [0.2, 0.25) is 11.8 Å². The van der Waals surface area contributed by atoms with Gasteiger partial charge in [-0.3, -0.25) is 18.9 Å². The van der Waals surface area contributed by atoms with Crippen LogP contribution in [-0.2, 0) is 32.8 Å². The number of hydrogen-bond donors (Lipinski definition) is 3. The molecule has 6 rings (SSSR count). The summed E-state index contributed by atoms with van der Waals surface area (Å²) in [6.45, 7) is 6.77. The van der Waals surface area contributed by atoms with Crippen LogP contribution in [0.15, 0.2) is 78.9 Å². The molecule has 2 aliphatic heterocycles. The highest BCUT2D eigenvalue weighted by molar-refractivity contribution is 7.52. The fourth-order valence-corrected chi connectivity index (χ4v) is 8.09. The van der Waals surface area contributed by atoms with Crippen LogP contribution in [0.5, 0.6) is 0 Å². The first-order valence-corrected chi connectivity index (χ1v) is 18.5. The third kappa shape index (κ3) is 6.92. The smallest absolute Gasteiger partial charge is 0.340 e. The molecule has 2 unspecified atom stereocenters. The highest BCUT2D eigenvalue weighted by atomic mass is 32.1. The lowest BCUT2D eigenvalue weighted by atomic mass is 9.84. The number of benzene rings is 3. The summed E-state index contributed by atoms with van der Waals surface area (Å²) in [5.74, 6) is -0.944. The lowest BCUT2D eigenvalue weighted by Gasteiger charge is -2.42. The van der Waals surface area contributed by atoms with Crippen LogP contribution in [0.2, 0.25) is 0 Å². The summed E-state index contributed by atoms with van der Waals surface area (Å²) in [5, 5.41) is 3.07. The molecule has 1 fully saturated rings. The topological polar surface area (TPSA) is 127 Å². The summed E-state index contributed by atoms with van der Waals surface area (Å²) in [5.41, 5.74) is -2.95. The number of carbonyl (C=O) groups excluding carboxylic acids is 3. The van der Waals surface area contributed by atoms with Gasteiger partial charge >= 0.3 is 13.3 Å². The maximum absolute atomic E-state index is 14.5. The fourth-order valence-electron chi connectivity index (χ4n) is 6.67. The first-order valence-electron chi connectivity index (χ1n) is 16.0. The Bertz CT molecular complexity index is 1960. The molecule has 3 aromatic carbocycles. The van der Waals surface area contributed by atoms with Crippen LogP contribution in [0, 0.1) is 5.41 Å². The van der Waals surface area contributed by atoms with Crippen molar-refractivity contribution in [2.75, 3.05) is 13.1 Å². The molecule has 3 amide bonds. The molecule has 0 saturated carbocycles. The Kier molecular flexibility index (Phi) is 9.30. The number of fused-ring (bicyclic) bond motifs is 2. The summed E-state index contributed by atoms with van der Waals surface area (Å²) in [4.78, 5) is 64.3. The van der Waals surface area contributed by atoms with E-state index in [1.807, 2.05) is 68.1 Å². The molecule has 2 aliphatic rings. The third-order valence-electron chi connectivity index (χ3n) is 9.43. The Morgan fingerprint density at radius 3 is 2.31 bits per heavy atom. The monoisotopic (exact) mass is 709 g/mol. The predicted molar refractivity (Wildman–Crippen MR) is 183 cm³/mol. The highest BCUT2D eigenvalue weighted by Gasteiger charge is 2.50. The van der Waals surface area contributed by atoms with E-state index in [9.17, 15) is 27.7 Å². The van der Waals surface area contributed by atoms with Crippen LogP contribution >= 0.6 is 18.9 Å². The summed E-state index contributed by atoms with van der Waals surface area (Å²) in [6, 6.07) is 20.5. The van der Waals surface area contributed by atoms with Crippen molar-refractivity contribution in [3.8, 4) is 0 Å². The van der Waals surface area contributed by atoms with E-state index in [-0.39, 0.29) is 28.6 Å². The van der Waals surface area contributed by atoms with Crippen LogP contribution < -0.4 is 5.32 Å². The molecule has 13 heteroatoms. The second kappa shape index (κ2) is 13.1. The molecule has 0 radical (unpaired) electrons. The van der Waals surface area contributed by atoms with Crippen LogP contribution in [-0.4, -0.2) is 62.5 Å². The van der Waals surface area contributed by atoms with Crippen molar-refractivity contribution in [3.05, 3.63) is 106 Å². The van der Waals surface area contributed by atoms with E-state index in [1.165, 1.54) is 17.7 Å². The second-order valence-corrected chi connectivity index (χ2v) is 16.6. The minimum Gasteiger partial charge on any atom is -0.340 e. The quantitative estimate of drug-likeness (QED) is 0.195. The molecule has 0 spiro atoms. The zero-order valence-corrected chi connectivity index (χ0v) is 29.0. The Morgan fingerprint density at radius 1 is 0.959 bits per heavy atom. The third-order valence-corrected chi connectivity index (χ3v) is 11.5. The number of rotatable bonds is 7. The SMILES string of the molecule is CC(C)(C)C(NC(=O)c1cc2cc(C(F)(F)P(=O)(O)O)ccc2s1)C(=O)N1Cc2ccccc2CC1C(=O)N1CC[C@@H](c2ccccc2)C1. The van der Waals surface area contributed by atoms with Gasteiger partial charge in [-0.05, 0) is 52.1 Å². The van der Waals surface area contributed by atoms with E-state index in [0.29, 0.717) is 24.2 Å². The van der Waals surface area contributed by atoms with Gasteiger partial charge in [0.1, 0.15) is 12.1 Å². The van der Waals surface area contributed by atoms with Gasteiger partial charge in [-0.15, -0.1) is 11.3 Å². The van der Waals surface area contributed by atoms with Crippen molar-refractivity contribution in [2.24, 2.45) is 5.41 Å². The number of hydrogen-bond acceptors (Lipinski definition) is 5. The lowest BCUT2D eigenvalue weighted by molar-refractivity contribution is -0.149. The number of nitrogens with one attached hydrogen (secondary N) is 1. The number of nitrogens with zero attached hydrogens (tertiary/aromatic N) is 2. The van der Waals surface area contributed by atoms with E-state index < -0.39 is 48.1 Å². The molecule has 4 aromatic rings. The van der Waals surface area contributed by atoms with Gasteiger partial charge in [-0.1, -0.05) is 81.4 Å². The van der Waals surface area contributed by atoms with Crippen LogP contribution in [0.4, 0.5) is 8.78 Å². The molecule has 258 valence electrons. The minimum absolute atomic E-state index is 0.132. The van der Waals surface area contributed by atoms with Crippen molar-refractivity contribution >= 4 is 46.7 Å². The zero-order valence-electron chi connectivity index (χ0n) is 27.3. The fraction of sp³-hybridized carbons (Fsp3) is 0.361. The van der Waals surface area contributed by atoms with E-state index >= 15 is 0 Å². The molecule has 0 aliphatic carbocycles. The van der Waals surface area contributed by atoms with Gasteiger partial charge in [0.05, 0.1) is 4.88 Å². The van der Waals surface area contributed by atoms with E-state index in [4.69, 9.17) is 9.79 Å². The van der Waals surface area contributed by atoms with E-state index in [0.717, 1.165) is 41.0 Å². The van der Waals surface area contributed by atoms with Crippen molar-refractivity contribution in [1.82, 2.24) is 15.1 Å².